The van der Waals surface area contributed by atoms with Crippen molar-refractivity contribution in [1.29, 1.82) is 0 Å². The number of carbonyl (C=O) groups is 1. The van der Waals surface area contributed by atoms with Crippen molar-refractivity contribution in [3.8, 4) is 0 Å². The van der Waals surface area contributed by atoms with E-state index in [1.165, 1.54) is 17.4 Å². The Hall–Kier alpha value is -1.66. The maximum Gasteiger partial charge on any atom is 0.266 e. The Balaban J connectivity index is 1.96. The van der Waals surface area contributed by atoms with Crippen molar-refractivity contribution < 1.29 is 13.9 Å². The Morgan fingerprint density at radius 3 is 3.00 bits per heavy atom. The molecule has 0 saturated carbocycles. The minimum absolute atomic E-state index is 0.0753. The van der Waals surface area contributed by atoms with Crippen LogP contribution in [0.3, 0.4) is 0 Å². The number of thiophene rings is 1. The van der Waals surface area contributed by atoms with Crippen LogP contribution in [0.4, 0.5) is 10.1 Å². The van der Waals surface area contributed by atoms with Crippen LogP contribution in [0.1, 0.15) is 16.1 Å². The number of hydrogen-bond donors (Lipinski definition) is 1. The minimum Gasteiger partial charge on any atom is -0.397 e. The number of hydrogen-bond acceptors (Lipinski definition) is 4. The van der Waals surface area contributed by atoms with Gasteiger partial charge in [-0.25, -0.2) is 4.39 Å². The van der Waals surface area contributed by atoms with Crippen LogP contribution in [0.15, 0.2) is 18.2 Å². The molecule has 1 aromatic carbocycles. The first-order valence-electron chi connectivity index (χ1n) is 6.40. The minimum atomic E-state index is -0.383. The SMILES string of the molecule is COC1CCN(C(=O)c2sc3cccc(F)c3c2N)C1. The first-order chi connectivity index (χ1) is 9.61. The van der Waals surface area contributed by atoms with E-state index in [-0.39, 0.29) is 23.5 Å². The molecule has 0 bridgehead atoms. The zero-order valence-corrected chi connectivity index (χ0v) is 11.9. The summed E-state index contributed by atoms with van der Waals surface area (Å²) >= 11 is 1.24. The predicted octanol–water partition coefficient (Wildman–Crippen LogP) is 2.48. The number of nitrogens with zero attached hydrogens (tertiary/aromatic N) is 1. The highest BCUT2D eigenvalue weighted by Gasteiger charge is 2.29. The maximum atomic E-state index is 13.8. The molecule has 1 aromatic heterocycles. The smallest absolute Gasteiger partial charge is 0.266 e. The van der Waals surface area contributed by atoms with Crippen molar-refractivity contribution in [2.45, 2.75) is 12.5 Å². The number of halogens is 1. The van der Waals surface area contributed by atoms with Crippen LogP contribution < -0.4 is 5.73 Å². The third-order valence-electron chi connectivity index (χ3n) is 3.66. The zero-order chi connectivity index (χ0) is 14.3. The molecule has 1 saturated heterocycles. The van der Waals surface area contributed by atoms with E-state index in [2.05, 4.69) is 0 Å². The van der Waals surface area contributed by atoms with Crippen molar-refractivity contribution in [3.05, 3.63) is 28.9 Å². The number of nitrogens with two attached hydrogens (primary N) is 1. The van der Waals surface area contributed by atoms with E-state index in [1.54, 1.807) is 24.1 Å². The molecule has 1 atom stereocenters. The summed E-state index contributed by atoms with van der Waals surface area (Å²) in [6, 6.07) is 4.76. The number of amides is 1. The van der Waals surface area contributed by atoms with Crippen LogP contribution in [0, 0.1) is 5.82 Å². The fourth-order valence-corrected chi connectivity index (χ4v) is 3.64. The largest absolute Gasteiger partial charge is 0.397 e. The lowest BCUT2D eigenvalue weighted by Crippen LogP contribution is -2.29. The lowest BCUT2D eigenvalue weighted by atomic mass is 10.2. The van der Waals surface area contributed by atoms with Crippen molar-refractivity contribution in [3.63, 3.8) is 0 Å². The van der Waals surface area contributed by atoms with Gasteiger partial charge in [-0.05, 0) is 18.6 Å². The molecule has 0 aliphatic carbocycles. The van der Waals surface area contributed by atoms with Gasteiger partial charge in [0.2, 0.25) is 0 Å². The molecule has 2 N–H and O–H groups in total. The highest BCUT2D eigenvalue weighted by atomic mass is 32.1. The summed E-state index contributed by atoms with van der Waals surface area (Å²) in [5.41, 5.74) is 6.21. The predicted molar refractivity (Wildman–Crippen MR) is 77.5 cm³/mol. The molecule has 1 amide bonds. The molecular weight excluding hydrogens is 279 g/mol. The fourth-order valence-electron chi connectivity index (χ4n) is 2.54. The van der Waals surface area contributed by atoms with Crippen LogP contribution in [-0.4, -0.2) is 37.1 Å². The highest BCUT2D eigenvalue weighted by molar-refractivity contribution is 7.21. The number of nitrogen functional groups attached to an aromatic ring is 1. The van der Waals surface area contributed by atoms with Crippen LogP contribution in [0.2, 0.25) is 0 Å². The van der Waals surface area contributed by atoms with Gasteiger partial charge in [0.05, 0.1) is 17.2 Å². The van der Waals surface area contributed by atoms with Gasteiger partial charge < -0.3 is 15.4 Å². The van der Waals surface area contributed by atoms with Crippen molar-refractivity contribution in [2.24, 2.45) is 0 Å². The van der Waals surface area contributed by atoms with Gasteiger partial charge in [0.1, 0.15) is 10.7 Å². The molecule has 1 aliphatic rings. The van der Waals surface area contributed by atoms with E-state index in [0.717, 1.165) is 6.42 Å². The van der Waals surface area contributed by atoms with Crippen LogP contribution in [0.25, 0.3) is 10.1 Å². The van der Waals surface area contributed by atoms with Gasteiger partial charge >= 0.3 is 0 Å². The number of anilines is 1. The van der Waals surface area contributed by atoms with Gasteiger partial charge in [-0.2, -0.15) is 0 Å². The summed E-state index contributed by atoms with van der Waals surface area (Å²) in [6.45, 7) is 1.21. The molecule has 106 valence electrons. The standard InChI is InChI=1S/C14H15FN2O2S/c1-19-8-5-6-17(7-8)14(18)13-12(16)11-9(15)3-2-4-10(11)20-13/h2-4,8H,5-7,16H2,1H3. The molecule has 1 fully saturated rings. The molecule has 1 aliphatic heterocycles. The van der Waals surface area contributed by atoms with E-state index < -0.39 is 0 Å². The van der Waals surface area contributed by atoms with Gasteiger partial charge in [0, 0.05) is 24.9 Å². The first-order valence-corrected chi connectivity index (χ1v) is 7.22. The average molecular weight is 294 g/mol. The zero-order valence-electron chi connectivity index (χ0n) is 11.1. The summed E-state index contributed by atoms with van der Waals surface area (Å²) < 4.78 is 19.8. The summed E-state index contributed by atoms with van der Waals surface area (Å²) in [5, 5.41) is 0.350. The Bertz CT molecular complexity index is 670. The van der Waals surface area contributed by atoms with Gasteiger partial charge in [-0.1, -0.05) is 6.07 Å². The summed E-state index contributed by atoms with van der Waals surface area (Å²) in [5.74, 6) is -0.519. The molecule has 3 rings (SSSR count). The number of benzene rings is 1. The van der Waals surface area contributed by atoms with Gasteiger partial charge in [0.15, 0.2) is 0 Å². The van der Waals surface area contributed by atoms with Gasteiger partial charge in [0.25, 0.3) is 5.91 Å². The van der Waals surface area contributed by atoms with E-state index in [9.17, 15) is 9.18 Å². The quantitative estimate of drug-likeness (QED) is 0.926. The molecule has 2 aromatic rings. The van der Waals surface area contributed by atoms with Crippen LogP contribution in [0.5, 0.6) is 0 Å². The van der Waals surface area contributed by atoms with Crippen molar-refractivity contribution >= 4 is 33.0 Å². The second kappa shape index (κ2) is 5.03. The second-order valence-electron chi connectivity index (χ2n) is 4.86. The topological polar surface area (TPSA) is 55.6 Å². The van der Waals surface area contributed by atoms with Crippen molar-refractivity contribution in [1.82, 2.24) is 4.90 Å². The van der Waals surface area contributed by atoms with E-state index in [0.29, 0.717) is 28.1 Å². The number of likely N-dealkylation sites (tertiary alicyclic amines) is 1. The Morgan fingerprint density at radius 1 is 1.55 bits per heavy atom. The lowest BCUT2D eigenvalue weighted by Gasteiger charge is -2.15. The Labute approximate surface area is 119 Å². The van der Waals surface area contributed by atoms with E-state index in [1.807, 2.05) is 0 Å². The third-order valence-corrected chi connectivity index (χ3v) is 4.82. The second-order valence-corrected chi connectivity index (χ2v) is 5.91. The van der Waals surface area contributed by atoms with Crippen LogP contribution >= 0.6 is 11.3 Å². The maximum absolute atomic E-state index is 13.8. The molecule has 2 heterocycles. The third kappa shape index (κ3) is 2.05. The number of carbonyl (C=O) groups excluding carboxylic acids is 1. The summed E-state index contributed by atoms with van der Waals surface area (Å²) in [7, 11) is 1.64. The highest BCUT2D eigenvalue weighted by Crippen LogP contribution is 2.36. The number of fused-ring (bicyclic) bond motifs is 1. The van der Waals surface area contributed by atoms with Crippen molar-refractivity contribution in [2.75, 3.05) is 25.9 Å². The number of ether oxygens (including phenoxy) is 1. The number of rotatable bonds is 2. The monoisotopic (exact) mass is 294 g/mol. The van der Waals surface area contributed by atoms with Gasteiger partial charge in [-0.15, -0.1) is 11.3 Å². The molecule has 1 unspecified atom stereocenters. The van der Waals surface area contributed by atoms with E-state index in [4.69, 9.17) is 10.5 Å². The molecular formula is C14H15FN2O2S. The lowest BCUT2D eigenvalue weighted by molar-refractivity contribution is 0.0729. The Kier molecular flexibility index (Phi) is 3.35. The first kappa shape index (κ1) is 13.3. The molecule has 0 spiro atoms. The fraction of sp³-hybridized carbons (Fsp3) is 0.357. The molecule has 4 nitrogen and oxygen atoms in total. The Morgan fingerprint density at radius 2 is 2.35 bits per heavy atom. The normalized spacial score (nSPS) is 18.9. The van der Waals surface area contributed by atoms with Crippen LogP contribution in [-0.2, 0) is 4.74 Å². The molecule has 20 heavy (non-hydrogen) atoms. The molecule has 6 heteroatoms. The van der Waals surface area contributed by atoms with Gasteiger partial charge in [-0.3, -0.25) is 4.79 Å². The molecule has 0 radical (unpaired) electrons. The average Bonchev–Trinajstić information content (AvgIpc) is 3.04. The van der Waals surface area contributed by atoms with E-state index >= 15 is 0 Å². The summed E-state index contributed by atoms with van der Waals surface area (Å²) in [6.07, 6.45) is 0.896. The number of methoxy groups -OCH3 is 1. The summed E-state index contributed by atoms with van der Waals surface area (Å²) in [4.78, 5) is 14.6.